The third-order valence-corrected chi connectivity index (χ3v) is 0.872. The fraction of sp³-hybridized carbons (Fsp3) is 0.714. The molecule has 0 atom stereocenters. The van der Waals surface area contributed by atoms with Crippen molar-refractivity contribution in [3.63, 3.8) is 0 Å². The average Bonchev–Trinajstić information content (AvgIpc) is 2.40. The molecule has 1 aromatic heterocycles. The van der Waals surface area contributed by atoms with E-state index < -0.39 is 0 Å². The number of hydrogen-bond donors (Lipinski definition) is 0. The van der Waals surface area contributed by atoms with Crippen molar-refractivity contribution in [2.24, 2.45) is 0 Å². The Labute approximate surface area is 61.4 Å². The minimum absolute atomic E-state index is 0.710. The summed E-state index contributed by atoms with van der Waals surface area (Å²) in [5.74, 6) is 1.42. The van der Waals surface area contributed by atoms with Crippen molar-refractivity contribution < 1.29 is 4.52 Å². The van der Waals surface area contributed by atoms with Crippen LogP contribution in [0.15, 0.2) is 4.52 Å². The Morgan fingerprint density at radius 3 is 2.20 bits per heavy atom. The van der Waals surface area contributed by atoms with Gasteiger partial charge in [-0.05, 0) is 6.92 Å². The molecule has 0 amide bonds. The van der Waals surface area contributed by atoms with Gasteiger partial charge in [0.05, 0.1) is 0 Å². The molecule has 3 nitrogen and oxygen atoms in total. The molecule has 0 fully saturated rings. The van der Waals surface area contributed by atoms with E-state index in [1.807, 2.05) is 27.7 Å². The third kappa shape index (κ3) is 2.62. The lowest BCUT2D eigenvalue weighted by molar-refractivity contribution is 0.378. The van der Waals surface area contributed by atoms with Gasteiger partial charge in [-0.2, -0.15) is 4.98 Å². The molecule has 0 bridgehead atoms. The summed E-state index contributed by atoms with van der Waals surface area (Å²) in [5, 5.41) is 3.60. The molecule has 1 heterocycles. The number of rotatable bonds is 1. The first kappa shape index (κ1) is 9.14. The van der Waals surface area contributed by atoms with E-state index in [0.29, 0.717) is 11.7 Å². The first-order chi connectivity index (χ1) is 4.83. The Bertz CT molecular complexity index is 172. The summed E-state index contributed by atoms with van der Waals surface area (Å²) >= 11 is 0. The molecular formula is C7H14N2O. The molecule has 0 aliphatic heterocycles. The van der Waals surface area contributed by atoms with Gasteiger partial charge < -0.3 is 4.52 Å². The van der Waals surface area contributed by atoms with Crippen LogP contribution in [0, 0.1) is 6.92 Å². The average molecular weight is 142 g/mol. The van der Waals surface area contributed by atoms with Gasteiger partial charge in [0.15, 0.2) is 5.82 Å². The molecule has 0 saturated heterocycles. The van der Waals surface area contributed by atoms with Crippen LogP contribution in [0.3, 0.4) is 0 Å². The molecule has 0 saturated carbocycles. The monoisotopic (exact) mass is 142 g/mol. The van der Waals surface area contributed by atoms with Gasteiger partial charge >= 0.3 is 0 Å². The van der Waals surface area contributed by atoms with E-state index in [2.05, 4.69) is 10.1 Å². The van der Waals surface area contributed by atoms with E-state index in [1.54, 1.807) is 0 Å². The zero-order valence-corrected chi connectivity index (χ0v) is 7.01. The molecule has 58 valence electrons. The third-order valence-electron chi connectivity index (χ3n) is 0.872. The standard InChI is InChI=1S/C5H8N2O.C2H6/c1-3-5-6-4(2)7-8-5;1-2/h3H2,1-2H3;1-2H3. The smallest absolute Gasteiger partial charge is 0.226 e. The zero-order chi connectivity index (χ0) is 7.98. The second-order valence-electron chi connectivity index (χ2n) is 1.59. The summed E-state index contributed by atoms with van der Waals surface area (Å²) < 4.78 is 4.75. The van der Waals surface area contributed by atoms with Crippen LogP contribution >= 0.6 is 0 Å². The SMILES string of the molecule is CC.CCc1nc(C)no1. The highest BCUT2D eigenvalue weighted by atomic mass is 16.5. The van der Waals surface area contributed by atoms with Gasteiger partial charge in [-0.1, -0.05) is 25.9 Å². The summed E-state index contributed by atoms with van der Waals surface area (Å²) in [5.41, 5.74) is 0. The fourth-order valence-electron chi connectivity index (χ4n) is 0.484. The van der Waals surface area contributed by atoms with Gasteiger partial charge in [0.1, 0.15) is 0 Å². The van der Waals surface area contributed by atoms with Crippen LogP contribution in [-0.2, 0) is 6.42 Å². The number of aryl methyl sites for hydroxylation is 2. The molecule has 1 aromatic rings. The van der Waals surface area contributed by atoms with Crippen LogP contribution in [0.25, 0.3) is 0 Å². The van der Waals surface area contributed by atoms with Gasteiger partial charge in [-0.3, -0.25) is 0 Å². The van der Waals surface area contributed by atoms with Gasteiger partial charge in [0, 0.05) is 6.42 Å². The quantitative estimate of drug-likeness (QED) is 0.601. The molecule has 0 aromatic carbocycles. The van der Waals surface area contributed by atoms with Gasteiger partial charge in [0.2, 0.25) is 5.89 Å². The van der Waals surface area contributed by atoms with E-state index in [9.17, 15) is 0 Å². The largest absolute Gasteiger partial charge is 0.339 e. The highest BCUT2D eigenvalue weighted by molar-refractivity contribution is 4.80. The summed E-state index contributed by atoms with van der Waals surface area (Å²) in [6, 6.07) is 0. The van der Waals surface area contributed by atoms with Crippen molar-refractivity contribution in [2.75, 3.05) is 0 Å². The summed E-state index contributed by atoms with van der Waals surface area (Å²) in [4.78, 5) is 3.95. The van der Waals surface area contributed by atoms with Gasteiger partial charge in [0.25, 0.3) is 0 Å². The predicted octanol–water partition coefficient (Wildman–Crippen LogP) is 1.97. The minimum Gasteiger partial charge on any atom is -0.339 e. The molecule has 0 unspecified atom stereocenters. The zero-order valence-electron chi connectivity index (χ0n) is 7.01. The molecular weight excluding hydrogens is 128 g/mol. The molecule has 0 N–H and O–H groups in total. The van der Waals surface area contributed by atoms with Crippen molar-refractivity contribution in [3.05, 3.63) is 11.7 Å². The summed E-state index contributed by atoms with van der Waals surface area (Å²) in [7, 11) is 0. The lowest BCUT2D eigenvalue weighted by atomic mass is 10.5. The number of aromatic nitrogens is 2. The Morgan fingerprint density at radius 2 is 2.00 bits per heavy atom. The van der Waals surface area contributed by atoms with E-state index in [1.165, 1.54) is 0 Å². The van der Waals surface area contributed by atoms with E-state index in [4.69, 9.17) is 4.52 Å². The highest BCUT2D eigenvalue weighted by Gasteiger charge is 1.95. The Kier molecular flexibility index (Phi) is 4.54. The van der Waals surface area contributed by atoms with Gasteiger partial charge in [-0.25, -0.2) is 0 Å². The first-order valence-corrected chi connectivity index (χ1v) is 3.62. The van der Waals surface area contributed by atoms with Gasteiger partial charge in [-0.15, -0.1) is 0 Å². The Balaban J connectivity index is 0.000000371. The normalized spacial score (nSPS) is 8.40. The van der Waals surface area contributed by atoms with E-state index >= 15 is 0 Å². The molecule has 0 aliphatic rings. The van der Waals surface area contributed by atoms with Crippen molar-refractivity contribution >= 4 is 0 Å². The van der Waals surface area contributed by atoms with Crippen molar-refractivity contribution in [3.8, 4) is 0 Å². The van der Waals surface area contributed by atoms with Crippen molar-refractivity contribution in [2.45, 2.75) is 34.1 Å². The molecule has 10 heavy (non-hydrogen) atoms. The maximum atomic E-state index is 4.75. The lowest BCUT2D eigenvalue weighted by Gasteiger charge is -1.75. The van der Waals surface area contributed by atoms with E-state index in [0.717, 1.165) is 6.42 Å². The van der Waals surface area contributed by atoms with E-state index in [-0.39, 0.29) is 0 Å². The predicted molar refractivity (Wildman–Crippen MR) is 39.8 cm³/mol. The number of nitrogens with zero attached hydrogens (tertiary/aromatic N) is 2. The van der Waals surface area contributed by atoms with Crippen LogP contribution in [0.5, 0.6) is 0 Å². The second kappa shape index (κ2) is 4.97. The fourth-order valence-corrected chi connectivity index (χ4v) is 0.484. The summed E-state index contributed by atoms with van der Waals surface area (Å²) in [6.45, 7) is 7.79. The highest BCUT2D eigenvalue weighted by Crippen LogP contribution is 1.94. The van der Waals surface area contributed by atoms with Crippen LogP contribution in [0.1, 0.15) is 32.5 Å². The van der Waals surface area contributed by atoms with Crippen molar-refractivity contribution in [1.29, 1.82) is 0 Å². The Hall–Kier alpha value is -0.860. The number of hydrogen-bond acceptors (Lipinski definition) is 3. The lowest BCUT2D eigenvalue weighted by Crippen LogP contribution is -1.76. The van der Waals surface area contributed by atoms with Crippen LogP contribution < -0.4 is 0 Å². The molecule has 0 radical (unpaired) electrons. The molecule has 3 heteroatoms. The molecule has 0 spiro atoms. The van der Waals surface area contributed by atoms with Crippen LogP contribution in [0.2, 0.25) is 0 Å². The summed E-state index contributed by atoms with van der Waals surface area (Å²) in [6.07, 6.45) is 0.820. The van der Waals surface area contributed by atoms with Crippen molar-refractivity contribution in [1.82, 2.24) is 10.1 Å². The first-order valence-electron chi connectivity index (χ1n) is 3.62. The maximum absolute atomic E-state index is 4.75. The molecule has 1 rings (SSSR count). The molecule has 0 aliphatic carbocycles. The topological polar surface area (TPSA) is 38.9 Å². The van der Waals surface area contributed by atoms with Crippen LogP contribution in [0.4, 0.5) is 0 Å². The Morgan fingerprint density at radius 1 is 1.40 bits per heavy atom. The minimum atomic E-state index is 0.710. The second-order valence-corrected chi connectivity index (χ2v) is 1.59. The maximum Gasteiger partial charge on any atom is 0.226 e. The van der Waals surface area contributed by atoms with Crippen LogP contribution in [-0.4, -0.2) is 10.1 Å².